The van der Waals surface area contributed by atoms with E-state index >= 15 is 0 Å². The van der Waals surface area contributed by atoms with Gasteiger partial charge in [0.15, 0.2) is 0 Å². The SMILES string of the molecule is CC(=O)N1CCCc2cc(C(O)CN3CCC(O)(c4ccccc4C)CC3)ccc21. The zero-order chi connectivity index (χ0) is 21.3. The van der Waals surface area contributed by atoms with Gasteiger partial charge in [0.1, 0.15) is 0 Å². The predicted octanol–water partition coefficient (Wildman–Crippen LogP) is 3.31. The number of benzene rings is 2. The molecule has 2 aromatic rings. The number of carbonyl (C=O) groups excluding carboxylic acids is 1. The van der Waals surface area contributed by atoms with Crippen molar-refractivity contribution in [1.29, 1.82) is 0 Å². The molecule has 1 amide bonds. The van der Waals surface area contributed by atoms with Gasteiger partial charge in [-0.15, -0.1) is 0 Å². The summed E-state index contributed by atoms with van der Waals surface area (Å²) in [5, 5.41) is 22.0. The van der Waals surface area contributed by atoms with Crippen LogP contribution in [0.15, 0.2) is 42.5 Å². The van der Waals surface area contributed by atoms with Gasteiger partial charge in [0.2, 0.25) is 5.91 Å². The largest absolute Gasteiger partial charge is 0.387 e. The maximum atomic E-state index is 11.9. The Labute approximate surface area is 178 Å². The van der Waals surface area contributed by atoms with Crippen molar-refractivity contribution in [2.75, 3.05) is 31.1 Å². The zero-order valence-electron chi connectivity index (χ0n) is 18.0. The van der Waals surface area contributed by atoms with Gasteiger partial charge in [-0.05, 0) is 60.9 Å². The van der Waals surface area contributed by atoms with E-state index in [-0.39, 0.29) is 5.91 Å². The average Bonchev–Trinajstić information content (AvgIpc) is 2.74. The minimum Gasteiger partial charge on any atom is -0.387 e. The van der Waals surface area contributed by atoms with Gasteiger partial charge in [-0.2, -0.15) is 0 Å². The summed E-state index contributed by atoms with van der Waals surface area (Å²) in [5.41, 5.74) is 4.39. The molecule has 0 aliphatic carbocycles. The molecule has 2 heterocycles. The molecule has 30 heavy (non-hydrogen) atoms. The number of fused-ring (bicyclic) bond motifs is 1. The Kier molecular flexibility index (Phi) is 5.96. The number of piperidine rings is 1. The first-order valence-electron chi connectivity index (χ1n) is 11.0. The second-order valence-electron chi connectivity index (χ2n) is 8.83. The normalized spacial score (nSPS) is 19.9. The van der Waals surface area contributed by atoms with Crippen molar-refractivity contribution in [3.63, 3.8) is 0 Å². The first-order valence-corrected chi connectivity index (χ1v) is 11.0. The molecule has 2 N–H and O–H groups in total. The van der Waals surface area contributed by atoms with Gasteiger partial charge in [-0.1, -0.05) is 36.4 Å². The molecule has 2 aromatic carbocycles. The fraction of sp³-hybridized carbons (Fsp3) is 0.480. The second kappa shape index (κ2) is 8.50. The van der Waals surface area contributed by atoms with Crippen LogP contribution in [0.2, 0.25) is 0 Å². The number of aryl methyl sites for hydroxylation is 2. The van der Waals surface area contributed by atoms with Crippen molar-refractivity contribution >= 4 is 11.6 Å². The van der Waals surface area contributed by atoms with E-state index in [1.54, 1.807) is 6.92 Å². The van der Waals surface area contributed by atoms with Crippen LogP contribution in [0.5, 0.6) is 0 Å². The molecule has 0 spiro atoms. The van der Waals surface area contributed by atoms with Crippen LogP contribution in [-0.4, -0.2) is 47.2 Å². The molecule has 2 aliphatic heterocycles. The monoisotopic (exact) mass is 408 g/mol. The van der Waals surface area contributed by atoms with Crippen LogP contribution in [0.3, 0.4) is 0 Å². The van der Waals surface area contributed by atoms with Crippen LogP contribution < -0.4 is 4.90 Å². The van der Waals surface area contributed by atoms with Crippen LogP contribution in [0.1, 0.15) is 54.5 Å². The number of hydrogen-bond acceptors (Lipinski definition) is 4. The van der Waals surface area contributed by atoms with E-state index in [0.29, 0.717) is 19.4 Å². The van der Waals surface area contributed by atoms with Crippen LogP contribution in [-0.2, 0) is 16.8 Å². The fourth-order valence-electron chi connectivity index (χ4n) is 4.97. The number of amides is 1. The summed E-state index contributed by atoms with van der Waals surface area (Å²) in [7, 11) is 0. The lowest BCUT2D eigenvalue weighted by atomic mass is 9.82. The summed E-state index contributed by atoms with van der Waals surface area (Å²) in [6.07, 6.45) is 2.65. The Bertz CT molecular complexity index is 918. The highest BCUT2D eigenvalue weighted by atomic mass is 16.3. The Morgan fingerprint density at radius 1 is 1.13 bits per heavy atom. The Balaban J connectivity index is 1.40. The highest BCUT2D eigenvalue weighted by molar-refractivity contribution is 5.92. The number of β-amino-alcohol motifs (C(OH)–C–C–N with tert-alkyl or cyclic N) is 1. The third-order valence-corrected chi connectivity index (χ3v) is 6.75. The molecular formula is C25H32N2O3. The first-order chi connectivity index (χ1) is 14.4. The van der Waals surface area contributed by atoms with Crippen molar-refractivity contribution < 1.29 is 15.0 Å². The Hall–Kier alpha value is -2.21. The third kappa shape index (κ3) is 4.15. The van der Waals surface area contributed by atoms with Crippen LogP contribution in [0, 0.1) is 6.92 Å². The van der Waals surface area contributed by atoms with E-state index in [1.807, 2.05) is 48.2 Å². The number of aliphatic hydroxyl groups is 2. The van der Waals surface area contributed by atoms with E-state index in [9.17, 15) is 15.0 Å². The molecule has 1 unspecified atom stereocenters. The summed E-state index contributed by atoms with van der Waals surface area (Å²) in [6.45, 7) is 6.48. The summed E-state index contributed by atoms with van der Waals surface area (Å²) < 4.78 is 0. The lowest BCUT2D eigenvalue weighted by Gasteiger charge is -2.40. The van der Waals surface area contributed by atoms with Crippen molar-refractivity contribution in [2.24, 2.45) is 0 Å². The maximum Gasteiger partial charge on any atom is 0.223 e. The molecule has 1 saturated heterocycles. The number of aliphatic hydroxyl groups excluding tert-OH is 1. The summed E-state index contributed by atoms with van der Waals surface area (Å²) in [5.74, 6) is 0.0682. The minimum atomic E-state index is -0.783. The second-order valence-corrected chi connectivity index (χ2v) is 8.83. The Morgan fingerprint density at radius 2 is 1.87 bits per heavy atom. The van der Waals surface area contributed by atoms with Crippen molar-refractivity contribution in [1.82, 2.24) is 4.90 Å². The quantitative estimate of drug-likeness (QED) is 0.815. The number of nitrogens with zero attached hydrogens (tertiary/aromatic N) is 2. The van der Waals surface area contributed by atoms with Gasteiger partial charge < -0.3 is 20.0 Å². The zero-order valence-corrected chi connectivity index (χ0v) is 18.0. The first kappa shape index (κ1) is 21.0. The topological polar surface area (TPSA) is 64.0 Å². The van der Waals surface area contributed by atoms with E-state index in [1.165, 1.54) is 0 Å². The highest BCUT2D eigenvalue weighted by Gasteiger charge is 2.35. The van der Waals surface area contributed by atoms with Crippen molar-refractivity contribution in [3.8, 4) is 0 Å². The fourth-order valence-corrected chi connectivity index (χ4v) is 4.97. The minimum absolute atomic E-state index is 0.0682. The Morgan fingerprint density at radius 3 is 2.57 bits per heavy atom. The molecule has 5 nitrogen and oxygen atoms in total. The molecule has 2 aliphatic rings. The standard InChI is InChI=1S/C25H32N2O3/c1-18-6-3-4-8-22(18)25(30)11-14-26(15-12-25)17-24(29)21-9-10-23-20(16-21)7-5-13-27(23)19(2)28/h3-4,6,8-10,16,24,29-30H,5,7,11-15,17H2,1-2H3. The number of hydrogen-bond donors (Lipinski definition) is 2. The molecule has 1 atom stereocenters. The molecule has 160 valence electrons. The molecule has 0 radical (unpaired) electrons. The third-order valence-electron chi connectivity index (χ3n) is 6.75. The number of anilines is 1. The van der Waals surface area contributed by atoms with E-state index in [0.717, 1.165) is 60.4 Å². The molecule has 4 rings (SSSR count). The summed E-state index contributed by atoms with van der Waals surface area (Å²) in [6, 6.07) is 14.0. The van der Waals surface area contributed by atoms with Crippen molar-refractivity contribution in [2.45, 2.75) is 51.2 Å². The lowest BCUT2D eigenvalue weighted by Crippen LogP contribution is -2.44. The molecular weight excluding hydrogens is 376 g/mol. The highest BCUT2D eigenvalue weighted by Crippen LogP contribution is 2.35. The molecule has 0 aromatic heterocycles. The lowest BCUT2D eigenvalue weighted by molar-refractivity contribution is -0.116. The van der Waals surface area contributed by atoms with Crippen molar-refractivity contribution in [3.05, 3.63) is 64.7 Å². The predicted molar refractivity (Wildman–Crippen MR) is 118 cm³/mol. The molecule has 0 bridgehead atoms. The van der Waals surface area contributed by atoms with Crippen LogP contribution >= 0.6 is 0 Å². The average molecular weight is 409 g/mol. The van der Waals surface area contributed by atoms with Gasteiger partial charge in [-0.3, -0.25) is 4.79 Å². The van der Waals surface area contributed by atoms with E-state index in [4.69, 9.17) is 0 Å². The van der Waals surface area contributed by atoms with Gasteiger partial charge in [0.25, 0.3) is 0 Å². The van der Waals surface area contributed by atoms with E-state index < -0.39 is 11.7 Å². The van der Waals surface area contributed by atoms with Crippen LogP contribution in [0.25, 0.3) is 0 Å². The van der Waals surface area contributed by atoms with Crippen LogP contribution in [0.4, 0.5) is 5.69 Å². The van der Waals surface area contributed by atoms with Gasteiger partial charge >= 0.3 is 0 Å². The molecule has 0 saturated carbocycles. The number of likely N-dealkylation sites (tertiary alicyclic amines) is 1. The smallest absolute Gasteiger partial charge is 0.223 e. The number of carbonyl (C=O) groups is 1. The van der Waals surface area contributed by atoms with Gasteiger partial charge in [0.05, 0.1) is 11.7 Å². The summed E-state index contributed by atoms with van der Waals surface area (Å²) >= 11 is 0. The van der Waals surface area contributed by atoms with Gasteiger partial charge in [0, 0.05) is 38.8 Å². The number of rotatable bonds is 4. The van der Waals surface area contributed by atoms with E-state index in [2.05, 4.69) is 11.0 Å². The molecule has 1 fully saturated rings. The maximum absolute atomic E-state index is 11.9. The summed E-state index contributed by atoms with van der Waals surface area (Å²) in [4.78, 5) is 15.9. The van der Waals surface area contributed by atoms with Gasteiger partial charge in [-0.25, -0.2) is 0 Å². The molecule has 5 heteroatoms.